The van der Waals surface area contributed by atoms with Gasteiger partial charge in [-0.1, -0.05) is 13.8 Å². The van der Waals surface area contributed by atoms with E-state index in [1.54, 1.807) is 12.3 Å². The van der Waals surface area contributed by atoms with Crippen molar-refractivity contribution in [1.82, 2.24) is 9.88 Å². The number of amides is 1. The van der Waals surface area contributed by atoms with Gasteiger partial charge in [-0.25, -0.2) is 4.98 Å². The summed E-state index contributed by atoms with van der Waals surface area (Å²) in [7, 11) is 4.02. The summed E-state index contributed by atoms with van der Waals surface area (Å²) in [6.45, 7) is 5.74. The average Bonchev–Trinajstić information content (AvgIpc) is 2.61. The van der Waals surface area contributed by atoms with E-state index in [0.717, 1.165) is 37.3 Å². The van der Waals surface area contributed by atoms with Crippen molar-refractivity contribution >= 4 is 23.1 Å². The summed E-state index contributed by atoms with van der Waals surface area (Å²) < 4.78 is 0. The van der Waals surface area contributed by atoms with Crippen LogP contribution in [0.5, 0.6) is 0 Å². The highest BCUT2D eigenvalue weighted by atomic mass is 16.2. The SMILES string of the molecule is CCCN(CCC)C(=O)c1ccnc(Nc2ccc(N(C)C)cc2)c1. The molecule has 0 saturated heterocycles. The first kappa shape index (κ1) is 18.8. The number of rotatable bonds is 8. The van der Waals surface area contributed by atoms with Gasteiger partial charge < -0.3 is 15.1 Å². The van der Waals surface area contributed by atoms with Gasteiger partial charge in [0.15, 0.2) is 0 Å². The highest BCUT2D eigenvalue weighted by Crippen LogP contribution is 2.20. The lowest BCUT2D eigenvalue weighted by Crippen LogP contribution is -2.32. The Morgan fingerprint density at radius 3 is 2.24 bits per heavy atom. The van der Waals surface area contributed by atoms with E-state index in [9.17, 15) is 4.79 Å². The van der Waals surface area contributed by atoms with Crippen molar-refractivity contribution in [2.45, 2.75) is 26.7 Å². The maximum absolute atomic E-state index is 12.7. The van der Waals surface area contributed by atoms with E-state index in [0.29, 0.717) is 11.4 Å². The van der Waals surface area contributed by atoms with Crippen molar-refractivity contribution in [1.29, 1.82) is 0 Å². The molecule has 0 bridgehead atoms. The molecule has 1 heterocycles. The Morgan fingerprint density at radius 1 is 1.04 bits per heavy atom. The molecule has 0 aliphatic heterocycles. The van der Waals surface area contributed by atoms with Crippen molar-refractivity contribution in [3.8, 4) is 0 Å². The van der Waals surface area contributed by atoms with Gasteiger partial charge in [-0.15, -0.1) is 0 Å². The van der Waals surface area contributed by atoms with Gasteiger partial charge in [-0.05, 0) is 49.2 Å². The van der Waals surface area contributed by atoms with Gasteiger partial charge in [-0.3, -0.25) is 4.79 Å². The van der Waals surface area contributed by atoms with E-state index in [1.165, 1.54) is 0 Å². The second-order valence-corrected chi connectivity index (χ2v) is 6.29. The maximum Gasteiger partial charge on any atom is 0.254 e. The molecule has 5 heteroatoms. The minimum absolute atomic E-state index is 0.0668. The average molecular weight is 340 g/mol. The van der Waals surface area contributed by atoms with E-state index in [1.807, 2.05) is 49.3 Å². The molecule has 2 aromatic rings. The number of carbonyl (C=O) groups is 1. The number of benzene rings is 1. The molecule has 0 spiro atoms. The molecule has 0 atom stereocenters. The molecule has 5 nitrogen and oxygen atoms in total. The van der Waals surface area contributed by atoms with Gasteiger partial charge >= 0.3 is 0 Å². The van der Waals surface area contributed by atoms with Crippen molar-refractivity contribution in [2.24, 2.45) is 0 Å². The van der Waals surface area contributed by atoms with E-state index >= 15 is 0 Å². The van der Waals surface area contributed by atoms with Crippen LogP contribution in [0.25, 0.3) is 0 Å². The molecule has 134 valence electrons. The zero-order chi connectivity index (χ0) is 18.2. The predicted molar refractivity (Wildman–Crippen MR) is 105 cm³/mol. The first-order valence-corrected chi connectivity index (χ1v) is 8.84. The van der Waals surface area contributed by atoms with Crippen LogP contribution in [0.4, 0.5) is 17.2 Å². The van der Waals surface area contributed by atoms with E-state index in [-0.39, 0.29) is 5.91 Å². The Labute approximate surface area is 150 Å². The number of pyridine rings is 1. The Kier molecular flexibility index (Phi) is 6.81. The molecular weight excluding hydrogens is 312 g/mol. The number of nitrogens with one attached hydrogen (secondary N) is 1. The Hall–Kier alpha value is -2.56. The van der Waals surface area contributed by atoms with Crippen LogP contribution in [0, 0.1) is 0 Å². The molecule has 2 rings (SSSR count). The van der Waals surface area contributed by atoms with Crippen LogP contribution in [0.15, 0.2) is 42.6 Å². The predicted octanol–water partition coefficient (Wildman–Crippen LogP) is 4.15. The first-order chi connectivity index (χ1) is 12.0. The Morgan fingerprint density at radius 2 is 1.68 bits per heavy atom. The first-order valence-electron chi connectivity index (χ1n) is 8.84. The van der Waals surface area contributed by atoms with Crippen LogP contribution in [-0.2, 0) is 0 Å². The minimum Gasteiger partial charge on any atom is -0.378 e. The number of carbonyl (C=O) groups excluding carboxylic acids is 1. The largest absolute Gasteiger partial charge is 0.378 e. The lowest BCUT2D eigenvalue weighted by atomic mass is 10.2. The standard InChI is InChI=1S/C20H28N4O/c1-5-13-24(14-6-2)20(25)16-11-12-21-19(15-16)22-17-7-9-18(10-8-17)23(3)4/h7-12,15H,5-6,13-14H2,1-4H3,(H,21,22). The Bertz CT molecular complexity index is 676. The molecule has 0 fully saturated rings. The zero-order valence-electron chi connectivity index (χ0n) is 15.6. The monoisotopic (exact) mass is 340 g/mol. The summed E-state index contributed by atoms with van der Waals surface area (Å²) in [5.41, 5.74) is 2.75. The minimum atomic E-state index is 0.0668. The molecule has 0 aliphatic rings. The number of anilines is 3. The van der Waals surface area contributed by atoms with Crippen molar-refractivity contribution in [3.63, 3.8) is 0 Å². The second-order valence-electron chi connectivity index (χ2n) is 6.29. The fourth-order valence-corrected chi connectivity index (χ4v) is 2.66. The summed E-state index contributed by atoms with van der Waals surface area (Å²) in [4.78, 5) is 21.0. The molecule has 0 radical (unpaired) electrons. The van der Waals surface area contributed by atoms with Crippen LogP contribution >= 0.6 is 0 Å². The topological polar surface area (TPSA) is 48.5 Å². The van der Waals surface area contributed by atoms with Crippen LogP contribution in [0.1, 0.15) is 37.0 Å². The van der Waals surface area contributed by atoms with Gasteiger partial charge in [0.1, 0.15) is 5.82 Å². The molecule has 1 N–H and O–H groups in total. The molecule has 0 aliphatic carbocycles. The zero-order valence-corrected chi connectivity index (χ0v) is 15.6. The maximum atomic E-state index is 12.7. The number of nitrogens with zero attached hydrogens (tertiary/aromatic N) is 3. The normalized spacial score (nSPS) is 10.4. The van der Waals surface area contributed by atoms with Crippen LogP contribution in [0.3, 0.4) is 0 Å². The summed E-state index contributed by atoms with van der Waals surface area (Å²) >= 11 is 0. The van der Waals surface area contributed by atoms with Crippen molar-refractivity contribution < 1.29 is 4.79 Å². The fraction of sp³-hybridized carbons (Fsp3) is 0.400. The molecule has 1 aromatic heterocycles. The number of hydrogen-bond acceptors (Lipinski definition) is 4. The van der Waals surface area contributed by atoms with Gasteiger partial charge in [0.2, 0.25) is 0 Å². The summed E-state index contributed by atoms with van der Waals surface area (Å²) in [6, 6.07) is 11.7. The molecule has 1 aromatic carbocycles. The number of hydrogen-bond donors (Lipinski definition) is 1. The molecule has 1 amide bonds. The van der Waals surface area contributed by atoms with Crippen molar-refractivity contribution in [2.75, 3.05) is 37.4 Å². The lowest BCUT2D eigenvalue weighted by molar-refractivity contribution is 0.0755. The third-order valence-electron chi connectivity index (χ3n) is 3.94. The van der Waals surface area contributed by atoms with Gasteiger partial charge in [0.05, 0.1) is 0 Å². The lowest BCUT2D eigenvalue weighted by Gasteiger charge is -2.21. The van der Waals surface area contributed by atoms with E-state index in [4.69, 9.17) is 0 Å². The summed E-state index contributed by atoms with van der Waals surface area (Å²) in [6.07, 6.45) is 3.60. The van der Waals surface area contributed by atoms with Gasteiger partial charge in [0.25, 0.3) is 5.91 Å². The van der Waals surface area contributed by atoms with Crippen LogP contribution in [0.2, 0.25) is 0 Å². The van der Waals surface area contributed by atoms with Crippen molar-refractivity contribution in [3.05, 3.63) is 48.2 Å². The summed E-state index contributed by atoms with van der Waals surface area (Å²) in [5.74, 6) is 0.744. The van der Waals surface area contributed by atoms with Gasteiger partial charge in [-0.2, -0.15) is 0 Å². The molecule has 25 heavy (non-hydrogen) atoms. The smallest absolute Gasteiger partial charge is 0.254 e. The third-order valence-corrected chi connectivity index (χ3v) is 3.94. The Balaban J connectivity index is 2.13. The van der Waals surface area contributed by atoms with E-state index in [2.05, 4.69) is 29.0 Å². The van der Waals surface area contributed by atoms with Crippen LogP contribution < -0.4 is 10.2 Å². The highest BCUT2D eigenvalue weighted by molar-refractivity contribution is 5.95. The number of aromatic nitrogens is 1. The molecular formula is C20H28N4O. The fourth-order valence-electron chi connectivity index (χ4n) is 2.66. The summed E-state index contributed by atoms with van der Waals surface area (Å²) in [5, 5.41) is 3.27. The quantitative estimate of drug-likeness (QED) is 0.784. The van der Waals surface area contributed by atoms with E-state index < -0.39 is 0 Å². The van der Waals surface area contributed by atoms with Crippen LogP contribution in [-0.4, -0.2) is 43.0 Å². The molecule has 0 saturated carbocycles. The second kappa shape index (κ2) is 9.06. The molecule has 0 unspecified atom stereocenters. The van der Waals surface area contributed by atoms with Gasteiger partial charge in [0, 0.05) is 50.3 Å². The third kappa shape index (κ3) is 5.21. The highest BCUT2D eigenvalue weighted by Gasteiger charge is 2.14.